The number of aliphatic hydroxyl groups is 5. The van der Waals surface area contributed by atoms with Crippen molar-refractivity contribution in [2.75, 3.05) is 6.61 Å². The Bertz CT molecular complexity index is 233. The molecule has 0 aliphatic rings. The van der Waals surface area contributed by atoms with Crippen LogP contribution in [-0.4, -0.2) is 61.3 Å². The van der Waals surface area contributed by atoms with Gasteiger partial charge in [-0.1, -0.05) is 0 Å². The van der Waals surface area contributed by atoms with Crippen molar-refractivity contribution in [1.29, 1.82) is 0 Å². The largest absolute Gasteiger partial charge is 0.394 e. The van der Waals surface area contributed by atoms with Crippen LogP contribution in [-0.2, 0) is 4.79 Å². The van der Waals surface area contributed by atoms with Gasteiger partial charge in [0.1, 0.15) is 17.8 Å². The summed E-state index contributed by atoms with van der Waals surface area (Å²) in [6.45, 7) is 2.31. The summed E-state index contributed by atoms with van der Waals surface area (Å²) in [6.07, 6.45) is -3.16. The molecule has 0 radical (unpaired) electrons. The highest BCUT2D eigenvalue weighted by molar-refractivity contribution is 5.91. The van der Waals surface area contributed by atoms with E-state index in [1.54, 1.807) is 0 Å². The summed E-state index contributed by atoms with van der Waals surface area (Å²) in [5.41, 5.74) is -4.58. The van der Waals surface area contributed by atoms with Crippen molar-refractivity contribution >= 4 is 5.78 Å². The molecule has 0 aromatic rings. The minimum Gasteiger partial charge on any atom is -0.394 e. The third-order valence-electron chi connectivity index (χ3n) is 2.67. The van der Waals surface area contributed by atoms with E-state index in [1.165, 1.54) is 0 Å². The Morgan fingerprint density at radius 1 is 1.27 bits per heavy atom. The minimum atomic E-state index is -2.34. The molecule has 5 N–H and O–H groups in total. The van der Waals surface area contributed by atoms with Crippen LogP contribution in [0.1, 0.15) is 20.8 Å². The Hall–Kier alpha value is -0.530. The number of carbonyl (C=O) groups is 1. The van der Waals surface area contributed by atoms with Crippen LogP contribution in [0.25, 0.3) is 0 Å². The van der Waals surface area contributed by atoms with Gasteiger partial charge in [0.25, 0.3) is 0 Å². The fourth-order valence-corrected chi connectivity index (χ4v) is 1.16. The van der Waals surface area contributed by atoms with Gasteiger partial charge in [-0.25, -0.2) is 0 Å². The summed E-state index contributed by atoms with van der Waals surface area (Å²) < 4.78 is 0. The summed E-state index contributed by atoms with van der Waals surface area (Å²) in [5.74, 6) is -1.03. The van der Waals surface area contributed by atoms with Crippen LogP contribution in [0.2, 0.25) is 0 Å². The molecule has 0 aliphatic heterocycles. The molecule has 0 spiro atoms. The van der Waals surface area contributed by atoms with Gasteiger partial charge in [0.15, 0.2) is 11.4 Å². The smallest absolute Gasteiger partial charge is 0.195 e. The SMILES string of the molecule is CC(O)C(=O)[C@@](C)(O)[C@](C)(O)[C@H](O)CO. The summed E-state index contributed by atoms with van der Waals surface area (Å²) >= 11 is 0. The minimum absolute atomic E-state index is 0.809. The van der Waals surface area contributed by atoms with E-state index < -0.39 is 35.8 Å². The van der Waals surface area contributed by atoms with Gasteiger partial charge in [0.05, 0.1) is 6.61 Å². The Morgan fingerprint density at radius 2 is 1.67 bits per heavy atom. The normalized spacial score (nSPS) is 23.7. The lowest BCUT2D eigenvalue weighted by Crippen LogP contribution is -2.64. The molecular formula is C9H18O6. The maximum absolute atomic E-state index is 11.4. The lowest BCUT2D eigenvalue weighted by molar-refractivity contribution is -0.201. The van der Waals surface area contributed by atoms with E-state index in [9.17, 15) is 20.1 Å². The lowest BCUT2D eigenvalue weighted by atomic mass is 9.77. The molecule has 0 aromatic heterocycles. The second kappa shape index (κ2) is 4.54. The first kappa shape index (κ1) is 14.5. The van der Waals surface area contributed by atoms with E-state index in [0.29, 0.717) is 0 Å². The first-order valence-electron chi connectivity index (χ1n) is 4.55. The molecule has 4 atom stereocenters. The van der Waals surface area contributed by atoms with Crippen molar-refractivity contribution in [2.45, 2.75) is 44.2 Å². The molecule has 0 saturated carbocycles. The number of carbonyl (C=O) groups excluding carboxylic acids is 1. The van der Waals surface area contributed by atoms with Crippen LogP contribution in [0.4, 0.5) is 0 Å². The highest BCUT2D eigenvalue weighted by Crippen LogP contribution is 2.27. The topological polar surface area (TPSA) is 118 Å². The molecule has 6 heteroatoms. The monoisotopic (exact) mass is 222 g/mol. The maximum atomic E-state index is 11.4. The quantitative estimate of drug-likeness (QED) is 0.360. The van der Waals surface area contributed by atoms with Crippen LogP contribution in [0.15, 0.2) is 0 Å². The number of aliphatic hydroxyl groups excluding tert-OH is 3. The molecule has 0 aliphatic carbocycles. The molecule has 0 saturated heterocycles. The van der Waals surface area contributed by atoms with E-state index >= 15 is 0 Å². The molecule has 0 bridgehead atoms. The molecular weight excluding hydrogens is 204 g/mol. The molecule has 0 rings (SSSR count). The first-order valence-corrected chi connectivity index (χ1v) is 4.55. The molecule has 6 nitrogen and oxygen atoms in total. The molecule has 90 valence electrons. The Kier molecular flexibility index (Phi) is 4.38. The van der Waals surface area contributed by atoms with Gasteiger partial charge in [-0.3, -0.25) is 4.79 Å². The highest BCUT2D eigenvalue weighted by atomic mass is 16.4. The van der Waals surface area contributed by atoms with E-state index in [-0.39, 0.29) is 0 Å². The first-order chi connectivity index (χ1) is 6.59. The zero-order chi connectivity index (χ0) is 12.4. The van der Waals surface area contributed by atoms with Gasteiger partial charge in [-0.15, -0.1) is 0 Å². The molecule has 0 aromatic carbocycles. The average Bonchev–Trinajstić information content (AvgIpc) is 2.14. The number of Topliss-reactive ketones (excluding diaryl/α,β-unsaturated/α-hetero) is 1. The lowest BCUT2D eigenvalue weighted by Gasteiger charge is -2.40. The zero-order valence-corrected chi connectivity index (χ0v) is 9.01. The predicted molar refractivity (Wildman–Crippen MR) is 51.0 cm³/mol. The Labute approximate surface area is 87.8 Å². The molecule has 0 heterocycles. The predicted octanol–water partition coefficient (Wildman–Crippen LogP) is -2.21. The number of rotatable bonds is 5. The molecule has 0 fully saturated rings. The average molecular weight is 222 g/mol. The van der Waals surface area contributed by atoms with E-state index in [1.807, 2.05) is 0 Å². The fraction of sp³-hybridized carbons (Fsp3) is 0.889. The molecule has 1 unspecified atom stereocenters. The highest BCUT2D eigenvalue weighted by Gasteiger charge is 2.52. The number of ketones is 1. The third-order valence-corrected chi connectivity index (χ3v) is 2.67. The van der Waals surface area contributed by atoms with Gasteiger partial charge < -0.3 is 25.5 Å². The Balaban J connectivity index is 5.08. The third kappa shape index (κ3) is 2.53. The summed E-state index contributed by atoms with van der Waals surface area (Å²) in [6, 6.07) is 0. The van der Waals surface area contributed by atoms with Gasteiger partial charge in [0.2, 0.25) is 0 Å². The van der Waals surface area contributed by atoms with Gasteiger partial charge in [0, 0.05) is 0 Å². The van der Waals surface area contributed by atoms with Crippen molar-refractivity contribution < 1.29 is 30.3 Å². The maximum Gasteiger partial charge on any atom is 0.195 e. The van der Waals surface area contributed by atoms with Crippen LogP contribution in [0, 0.1) is 0 Å². The number of hydrogen-bond acceptors (Lipinski definition) is 6. The van der Waals surface area contributed by atoms with Gasteiger partial charge >= 0.3 is 0 Å². The van der Waals surface area contributed by atoms with E-state index in [0.717, 1.165) is 20.8 Å². The van der Waals surface area contributed by atoms with Crippen molar-refractivity contribution in [3.05, 3.63) is 0 Å². The molecule has 0 amide bonds. The Morgan fingerprint density at radius 3 is 1.93 bits per heavy atom. The summed E-state index contributed by atoms with van der Waals surface area (Å²) in [4.78, 5) is 11.4. The number of hydrogen-bond donors (Lipinski definition) is 5. The van der Waals surface area contributed by atoms with Crippen LogP contribution < -0.4 is 0 Å². The van der Waals surface area contributed by atoms with Crippen LogP contribution >= 0.6 is 0 Å². The fourth-order valence-electron chi connectivity index (χ4n) is 1.16. The summed E-state index contributed by atoms with van der Waals surface area (Å²) in [5, 5.41) is 46.4. The second-order valence-corrected chi connectivity index (χ2v) is 3.96. The van der Waals surface area contributed by atoms with Crippen molar-refractivity contribution in [3.8, 4) is 0 Å². The van der Waals surface area contributed by atoms with Crippen molar-refractivity contribution in [3.63, 3.8) is 0 Å². The molecule has 15 heavy (non-hydrogen) atoms. The zero-order valence-electron chi connectivity index (χ0n) is 9.01. The van der Waals surface area contributed by atoms with Crippen LogP contribution in [0.5, 0.6) is 0 Å². The second-order valence-electron chi connectivity index (χ2n) is 3.96. The standard InChI is InChI=1S/C9H18O6/c1-5(11)7(13)9(3,15)8(2,14)6(12)4-10/h5-6,10-12,14-15H,4H2,1-3H3/t5?,6-,8-,9-/m1/s1. The van der Waals surface area contributed by atoms with Gasteiger partial charge in [-0.2, -0.15) is 0 Å². The van der Waals surface area contributed by atoms with Crippen LogP contribution in [0.3, 0.4) is 0 Å². The van der Waals surface area contributed by atoms with Crippen molar-refractivity contribution in [1.82, 2.24) is 0 Å². The van der Waals surface area contributed by atoms with E-state index in [4.69, 9.17) is 10.2 Å². The van der Waals surface area contributed by atoms with Crippen molar-refractivity contribution in [2.24, 2.45) is 0 Å². The summed E-state index contributed by atoms with van der Waals surface area (Å²) in [7, 11) is 0. The van der Waals surface area contributed by atoms with E-state index in [2.05, 4.69) is 0 Å². The van der Waals surface area contributed by atoms with Gasteiger partial charge in [-0.05, 0) is 20.8 Å².